The van der Waals surface area contributed by atoms with E-state index in [0.717, 1.165) is 39.4 Å². The van der Waals surface area contributed by atoms with Crippen molar-refractivity contribution in [1.82, 2.24) is 67.9 Å². The molecule has 14 heteroatoms. The fourth-order valence-corrected chi connectivity index (χ4v) is 7.27. The summed E-state index contributed by atoms with van der Waals surface area (Å²) in [6.07, 6.45) is 20.1. The van der Waals surface area contributed by atoms with Crippen LogP contribution in [0.5, 0.6) is 0 Å². The standard InChI is InChI=1S/2C11H14N2.2C10H13N3.C9H12N4.5C2H6.5CH4/c2*1-11(2,3)9-6-7-12-10-5-4-8-13(9)10;1-10(2,3)8-4-6-11-9-5-7-12-13(8)9;1-10(2,3)8-4-5-12-13-7-6-11-9(8)13;1-9(2,3)7-6-8(12-4-10-6)13-5-11-7;5*1-2;;;;;/h2*4-8H,1-3H3;2*4-7H,1-3H3;4-5H,1-3H3,(H,10,11,12,13);5*1-2H3;5*1H4. The highest BCUT2D eigenvalue weighted by molar-refractivity contribution is 5.73. The maximum Gasteiger partial charge on any atom is 0.180 e. The lowest BCUT2D eigenvalue weighted by Gasteiger charge is -2.20. The van der Waals surface area contributed by atoms with Crippen LogP contribution in [0.4, 0.5) is 0 Å². The van der Waals surface area contributed by atoms with Crippen molar-refractivity contribution in [2.24, 2.45) is 0 Å². The van der Waals surface area contributed by atoms with Gasteiger partial charge in [-0.15, -0.1) is 0 Å². The van der Waals surface area contributed by atoms with Gasteiger partial charge in [0.25, 0.3) is 0 Å². The number of rotatable bonds is 0. The van der Waals surface area contributed by atoms with Crippen molar-refractivity contribution in [2.75, 3.05) is 0 Å². The summed E-state index contributed by atoms with van der Waals surface area (Å²) in [7, 11) is 0. The quantitative estimate of drug-likeness (QED) is 0.157. The van der Waals surface area contributed by atoms with E-state index in [-0.39, 0.29) is 64.2 Å². The molecule has 0 spiro atoms. The predicted molar refractivity (Wildman–Crippen MR) is 352 cm³/mol. The van der Waals surface area contributed by atoms with Gasteiger partial charge in [0.05, 0.1) is 23.9 Å². The van der Waals surface area contributed by atoms with Crippen LogP contribution in [0.15, 0.2) is 123 Å². The van der Waals surface area contributed by atoms with Crippen molar-refractivity contribution in [3.63, 3.8) is 0 Å². The van der Waals surface area contributed by atoms with Crippen LogP contribution in [0.3, 0.4) is 0 Å². The van der Waals surface area contributed by atoms with Gasteiger partial charge < -0.3 is 13.8 Å². The minimum absolute atomic E-state index is 0. The second-order valence-corrected chi connectivity index (χ2v) is 21.1. The van der Waals surface area contributed by atoms with E-state index in [0.29, 0.717) is 0 Å². The van der Waals surface area contributed by atoms with E-state index in [2.05, 4.69) is 187 Å². The molecule has 450 valence electrons. The number of imidazole rings is 2. The molecule has 0 radical (unpaired) electrons. The zero-order valence-electron chi connectivity index (χ0n) is 50.9. The maximum atomic E-state index is 4.29. The van der Waals surface area contributed by atoms with E-state index < -0.39 is 0 Å². The van der Waals surface area contributed by atoms with E-state index in [1.165, 1.54) is 22.6 Å². The summed E-state index contributed by atoms with van der Waals surface area (Å²) in [4.78, 5) is 32.5. The number of nitrogens with zero attached hydrogens (tertiary/aromatic N) is 13. The Balaban J connectivity index is -0.000000277. The van der Waals surface area contributed by atoms with Crippen molar-refractivity contribution in [3.05, 3.63) is 151 Å². The van der Waals surface area contributed by atoms with Gasteiger partial charge in [0.2, 0.25) is 0 Å². The van der Waals surface area contributed by atoms with E-state index >= 15 is 0 Å². The molecule has 0 aliphatic heterocycles. The van der Waals surface area contributed by atoms with Gasteiger partial charge in [-0.2, -0.15) is 10.2 Å². The van der Waals surface area contributed by atoms with Crippen LogP contribution in [0.2, 0.25) is 0 Å². The summed E-state index contributed by atoms with van der Waals surface area (Å²) in [6.45, 7) is 52.7. The van der Waals surface area contributed by atoms with Gasteiger partial charge in [0, 0.05) is 94.3 Å². The van der Waals surface area contributed by atoms with Gasteiger partial charge in [-0.05, 0) is 53.9 Å². The third-order valence-electron chi connectivity index (χ3n) is 10.5. The first kappa shape index (κ1) is 82.0. The van der Waals surface area contributed by atoms with Crippen LogP contribution >= 0.6 is 0 Å². The Morgan fingerprint density at radius 2 is 0.812 bits per heavy atom. The third-order valence-corrected chi connectivity index (χ3v) is 10.5. The highest BCUT2D eigenvalue weighted by Crippen LogP contribution is 2.27. The summed E-state index contributed by atoms with van der Waals surface area (Å²) in [5.74, 6) is 0. The van der Waals surface area contributed by atoms with E-state index in [4.69, 9.17) is 0 Å². The molecule has 0 aromatic carbocycles. The van der Waals surface area contributed by atoms with Crippen molar-refractivity contribution < 1.29 is 0 Å². The molecular weight excluding hydrogens is 989 g/mol. The predicted octanol–water partition coefficient (Wildman–Crippen LogP) is 19.3. The molecule has 0 amide bonds. The monoisotopic (exact) mass is 1100 g/mol. The SMILES string of the molecule is C.C.C.C.C.CC.CC.CC.CC.CC.CC(C)(C)c1ccnc2cccn12.CC(C)(C)c1ccnc2cccn12.CC(C)(C)c1ccnc2ccnn12.CC(C)(C)c1ccnn2ccnc12.CC(C)(C)c1ncnc2nc[nH]c12. The Kier molecular flexibility index (Phi) is 38.9. The van der Waals surface area contributed by atoms with Crippen LogP contribution in [-0.2, 0) is 27.1 Å². The second kappa shape index (κ2) is 37.9. The normalized spacial score (nSPS) is 10.3. The summed E-state index contributed by atoms with van der Waals surface area (Å²) in [5.41, 5.74) is 12.2. The number of hydrogen-bond donors (Lipinski definition) is 1. The lowest BCUT2D eigenvalue weighted by Crippen LogP contribution is -2.17. The Labute approximate surface area is 488 Å². The molecule has 0 atom stereocenters. The molecule has 0 aliphatic carbocycles. The van der Waals surface area contributed by atoms with E-state index in [1.54, 1.807) is 29.6 Å². The number of aromatic amines is 1. The molecule has 10 rings (SSSR count). The Hall–Kier alpha value is -6.83. The van der Waals surface area contributed by atoms with Crippen molar-refractivity contribution in [3.8, 4) is 0 Å². The van der Waals surface area contributed by atoms with Crippen molar-refractivity contribution in [1.29, 1.82) is 0 Å². The average Bonchev–Trinajstić information content (AvgIpc) is 4.26. The van der Waals surface area contributed by atoms with Crippen LogP contribution in [-0.4, -0.2) is 67.9 Å². The average molecular weight is 1110 g/mol. The molecule has 0 fully saturated rings. The number of aromatic nitrogens is 14. The first-order valence-corrected chi connectivity index (χ1v) is 27.0. The number of hydrogen-bond acceptors (Lipinski definition) is 9. The number of nitrogens with one attached hydrogen (secondary N) is 1. The number of fused-ring (bicyclic) bond motifs is 5. The third kappa shape index (κ3) is 23.1. The molecular formula is C66H116N14. The first-order chi connectivity index (χ1) is 35.4. The maximum absolute atomic E-state index is 4.29. The molecule has 0 bridgehead atoms. The molecule has 0 saturated heterocycles. The summed E-state index contributed by atoms with van der Waals surface area (Å²) >= 11 is 0. The zero-order valence-corrected chi connectivity index (χ0v) is 50.9. The van der Waals surface area contributed by atoms with Crippen molar-refractivity contribution >= 4 is 33.8 Å². The molecule has 0 aliphatic rings. The second-order valence-electron chi connectivity index (χ2n) is 21.1. The van der Waals surface area contributed by atoms with Gasteiger partial charge in [-0.3, -0.25) is 0 Å². The molecule has 14 nitrogen and oxygen atoms in total. The topological polar surface area (TPSA) is 149 Å². The Morgan fingerprint density at radius 3 is 1.25 bits per heavy atom. The highest BCUT2D eigenvalue weighted by Gasteiger charge is 2.21. The molecule has 10 aromatic rings. The van der Waals surface area contributed by atoms with Crippen LogP contribution in [0.1, 0.15) is 239 Å². The van der Waals surface area contributed by atoms with Crippen LogP contribution in [0, 0.1) is 0 Å². The first-order valence-electron chi connectivity index (χ1n) is 27.0. The van der Waals surface area contributed by atoms with Gasteiger partial charge in [0.1, 0.15) is 23.1 Å². The summed E-state index contributed by atoms with van der Waals surface area (Å²) in [5, 5.41) is 8.41. The minimum atomic E-state index is 0. The summed E-state index contributed by atoms with van der Waals surface area (Å²) in [6, 6.07) is 18.2. The molecule has 10 heterocycles. The van der Waals surface area contributed by atoms with Crippen LogP contribution < -0.4 is 0 Å². The Bertz CT molecular complexity index is 2610. The number of H-pyrrole nitrogens is 1. The fourth-order valence-electron chi connectivity index (χ4n) is 7.27. The molecule has 1 N–H and O–H groups in total. The largest absolute Gasteiger partial charge is 0.342 e. The lowest BCUT2D eigenvalue weighted by molar-refractivity contribution is 0.546. The van der Waals surface area contributed by atoms with Crippen LogP contribution in [0.25, 0.3) is 33.8 Å². The van der Waals surface area contributed by atoms with Crippen molar-refractivity contribution in [2.45, 2.75) is 237 Å². The highest BCUT2D eigenvalue weighted by atomic mass is 15.3. The molecule has 80 heavy (non-hydrogen) atoms. The minimum Gasteiger partial charge on any atom is -0.342 e. The molecule has 0 saturated carbocycles. The summed E-state index contributed by atoms with van der Waals surface area (Å²) < 4.78 is 7.97. The smallest absolute Gasteiger partial charge is 0.180 e. The lowest BCUT2D eigenvalue weighted by atomic mass is 9.88. The Morgan fingerprint density at radius 1 is 0.375 bits per heavy atom. The molecule has 0 unspecified atom stereocenters. The zero-order chi connectivity index (χ0) is 57.4. The van der Waals surface area contributed by atoms with Gasteiger partial charge >= 0.3 is 0 Å². The molecule has 10 aromatic heterocycles. The van der Waals surface area contributed by atoms with Gasteiger partial charge in [-0.1, -0.05) is 210 Å². The van der Waals surface area contributed by atoms with E-state index in [1.807, 2.05) is 147 Å². The fraction of sp³-hybridized carbons (Fsp3) is 0.530. The van der Waals surface area contributed by atoms with Gasteiger partial charge in [-0.25, -0.2) is 43.9 Å². The van der Waals surface area contributed by atoms with E-state index in [9.17, 15) is 0 Å². The van der Waals surface area contributed by atoms with Gasteiger partial charge in [0.15, 0.2) is 16.9 Å².